The number of rotatable bonds is 3. The number of nitrogens with one attached hydrogen (secondary N) is 2. The number of aromatic amines is 1. The van der Waals surface area contributed by atoms with Crippen LogP contribution in [0.25, 0.3) is 22.2 Å². The van der Waals surface area contributed by atoms with E-state index < -0.39 is 0 Å². The van der Waals surface area contributed by atoms with Crippen molar-refractivity contribution in [3.63, 3.8) is 0 Å². The SMILES string of the molecule is NCC(=O)Nc1ccc(-c2ccnc3[nH]ccc23)cc1. The Morgan fingerprint density at radius 3 is 2.75 bits per heavy atom. The molecule has 0 bridgehead atoms. The van der Waals surface area contributed by atoms with Crippen LogP contribution < -0.4 is 11.1 Å². The quantitative estimate of drug-likeness (QED) is 0.679. The zero-order valence-corrected chi connectivity index (χ0v) is 10.8. The zero-order valence-electron chi connectivity index (χ0n) is 10.8. The Balaban J connectivity index is 1.95. The van der Waals surface area contributed by atoms with Crippen molar-refractivity contribution < 1.29 is 4.79 Å². The molecule has 1 aromatic carbocycles. The van der Waals surface area contributed by atoms with Crippen molar-refractivity contribution in [3.8, 4) is 11.1 Å². The Bertz CT molecular complexity index is 746. The van der Waals surface area contributed by atoms with Gasteiger partial charge in [-0.05, 0) is 35.4 Å². The minimum Gasteiger partial charge on any atom is -0.346 e. The molecule has 0 fully saturated rings. The summed E-state index contributed by atoms with van der Waals surface area (Å²) in [5.74, 6) is -0.199. The fourth-order valence-corrected chi connectivity index (χ4v) is 2.16. The normalized spacial score (nSPS) is 10.7. The predicted octanol–water partition coefficient (Wildman–Crippen LogP) is 2.13. The van der Waals surface area contributed by atoms with Gasteiger partial charge in [0.25, 0.3) is 0 Å². The van der Waals surface area contributed by atoms with Crippen LogP contribution in [0.4, 0.5) is 5.69 Å². The van der Waals surface area contributed by atoms with E-state index in [1.807, 2.05) is 42.6 Å². The smallest absolute Gasteiger partial charge is 0.238 e. The lowest BCUT2D eigenvalue weighted by atomic mass is 10.0. The molecule has 3 rings (SSSR count). The first-order valence-electron chi connectivity index (χ1n) is 6.30. The second kappa shape index (κ2) is 5.14. The van der Waals surface area contributed by atoms with E-state index >= 15 is 0 Å². The molecular weight excluding hydrogens is 252 g/mol. The fraction of sp³-hybridized carbons (Fsp3) is 0.0667. The Hall–Kier alpha value is -2.66. The minimum absolute atomic E-state index is 0.0178. The molecule has 0 aliphatic carbocycles. The number of amides is 1. The summed E-state index contributed by atoms with van der Waals surface area (Å²) in [6, 6.07) is 11.6. The summed E-state index contributed by atoms with van der Waals surface area (Å²) in [7, 11) is 0. The first kappa shape index (κ1) is 12.4. The third kappa shape index (κ3) is 2.26. The Morgan fingerprint density at radius 1 is 1.20 bits per heavy atom. The molecule has 0 saturated heterocycles. The minimum atomic E-state index is -0.199. The third-order valence-electron chi connectivity index (χ3n) is 3.13. The van der Waals surface area contributed by atoms with Gasteiger partial charge in [0.1, 0.15) is 5.65 Å². The van der Waals surface area contributed by atoms with Gasteiger partial charge in [0.2, 0.25) is 5.91 Å². The van der Waals surface area contributed by atoms with Crippen molar-refractivity contribution in [2.24, 2.45) is 5.73 Å². The van der Waals surface area contributed by atoms with E-state index in [-0.39, 0.29) is 12.5 Å². The number of benzene rings is 1. The summed E-state index contributed by atoms with van der Waals surface area (Å²) in [5, 5.41) is 3.80. The molecule has 4 N–H and O–H groups in total. The van der Waals surface area contributed by atoms with Crippen LogP contribution in [0.15, 0.2) is 48.8 Å². The maximum atomic E-state index is 11.2. The van der Waals surface area contributed by atoms with Gasteiger partial charge in [-0.25, -0.2) is 4.98 Å². The van der Waals surface area contributed by atoms with Crippen LogP contribution in [-0.2, 0) is 4.79 Å². The van der Waals surface area contributed by atoms with Gasteiger partial charge in [-0.1, -0.05) is 12.1 Å². The van der Waals surface area contributed by atoms with Crippen molar-refractivity contribution in [2.75, 3.05) is 11.9 Å². The average Bonchev–Trinajstić information content (AvgIpc) is 2.96. The highest BCUT2D eigenvalue weighted by atomic mass is 16.1. The number of pyridine rings is 1. The van der Waals surface area contributed by atoms with Crippen LogP contribution in [0.2, 0.25) is 0 Å². The second-order valence-electron chi connectivity index (χ2n) is 4.43. The lowest BCUT2D eigenvalue weighted by Crippen LogP contribution is -2.21. The van der Waals surface area contributed by atoms with Crippen molar-refractivity contribution in [1.82, 2.24) is 9.97 Å². The van der Waals surface area contributed by atoms with Crippen LogP contribution >= 0.6 is 0 Å². The molecule has 100 valence electrons. The average molecular weight is 266 g/mol. The molecule has 0 unspecified atom stereocenters. The second-order valence-corrected chi connectivity index (χ2v) is 4.43. The van der Waals surface area contributed by atoms with Crippen molar-refractivity contribution >= 4 is 22.6 Å². The third-order valence-corrected chi connectivity index (χ3v) is 3.13. The number of anilines is 1. The van der Waals surface area contributed by atoms with E-state index in [9.17, 15) is 4.79 Å². The van der Waals surface area contributed by atoms with Gasteiger partial charge < -0.3 is 16.0 Å². The standard InChI is InChI=1S/C15H14N4O/c16-9-14(20)19-11-3-1-10(2-4-11)12-5-7-17-15-13(12)6-8-18-15/h1-8H,9,16H2,(H,17,18)(H,19,20). The molecule has 1 amide bonds. The maximum Gasteiger partial charge on any atom is 0.238 e. The molecule has 2 aromatic heterocycles. The number of hydrogen-bond donors (Lipinski definition) is 3. The van der Waals surface area contributed by atoms with E-state index in [0.717, 1.165) is 27.8 Å². The molecule has 2 heterocycles. The highest BCUT2D eigenvalue weighted by molar-refractivity contribution is 5.94. The summed E-state index contributed by atoms with van der Waals surface area (Å²) in [6.45, 7) is -0.0178. The number of nitrogens with two attached hydrogens (primary N) is 1. The molecule has 0 spiro atoms. The van der Waals surface area contributed by atoms with Crippen LogP contribution in [0.3, 0.4) is 0 Å². The first-order valence-corrected chi connectivity index (χ1v) is 6.30. The molecular formula is C15H14N4O. The van der Waals surface area contributed by atoms with Gasteiger partial charge in [0.15, 0.2) is 0 Å². The summed E-state index contributed by atoms with van der Waals surface area (Å²) < 4.78 is 0. The van der Waals surface area contributed by atoms with Gasteiger partial charge in [-0.15, -0.1) is 0 Å². The van der Waals surface area contributed by atoms with Crippen LogP contribution in [0.5, 0.6) is 0 Å². The Morgan fingerprint density at radius 2 is 2.00 bits per heavy atom. The fourth-order valence-electron chi connectivity index (χ4n) is 2.16. The van der Waals surface area contributed by atoms with Crippen molar-refractivity contribution in [2.45, 2.75) is 0 Å². The van der Waals surface area contributed by atoms with Gasteiger partial charge in [-0.2, -0.15) is 0 Å². The number of H-pyrrole nitrogens is 1. The number of nitrogens with zero attached hydrogens (tertiary/aromatic N) is 1. The molecule has 5 nitrogen and oxygen atoms in total. The predicted molar refractivity (Wildman–Crippen MR) is 79.2 cm³/mol. The lowest BCUT2D eigenvalue weighted by Gasteiger charge is -2.06. The molecule has 0 atom stereocenters. The number of carbonyl (C=O) groups excluding carboxylic acids is 1. The number of hydrogen-bond acceptors (Lipinski definition) is 3. The van der Waals surface area contributed by atoms with Gasteiger partial charge in [0.05, 0.1) is 6.54 Å². The molecule has 0 aliphatic heterocycles. The highest BCUT2D eigenvalue weighted by Gasteiger charge is 2.05. The van der Waals surface area contributed by atoms with Crippen LogP contribution in [-0.4, -0.2) is 22.4 Å². The summed E-state index contributed by atoms with van der Waals surface area (Å²) in [5.41, 5.74) is 9.05. The Kier molecular flexibility index (Phi) is 3.18. The number of fused-ring (bicyclic) bond motifs is 1. The van der Waals surface area contributed by atoms with E-state index in [1.165, 1.54) is 0 Å². The molecule has 0 radical (unpaired) electrons. The molecule has 5 heteroatoms. The topological polar surface area (TPSA) is 83.8 Å². The maximum absolute atomic E-state index is 11.2. The molecule has 20 heavy (non-hydrogen) atoms. The van der Waals surface area contributed by atoms with E-state index in [4.69, 9.17) is 5.73 Å². The summed E-state index contributed by atoms with van der Waals surface area (Å²) in [4.78, 5) is 18.6. The number of aromatic nitrogens is 2. The van der Waals surface area contributed by atoms with Gasteiger partial charge in [0, 0.05) is 23.5 Å². The monoisotopic (exact) mass is 266 g/mol. The summed E-state index contributed by atoms with van der Waals surface area (Å²) >= 11 is 0. The first-order chi connectivity index (χ1) is 9.78. The van der Waals surface area contributed by atoms with E-state index in [1.54, 1.807) is 6.20 Å². The largest absolute Gasteiger partial charge is 0.346 e. The molecule has 0 saturated carbocycles. The van der Waals surface area contributed by atoms with E-state index in [2.05, 4.69) is 15.3 Å². The van der Waals surface area contributed by atoms with Crippen molar-refractivity contribution in [1.29, 1.82) is 0 Å². The molecule has 0 aliphatic rings. The summed E-state index contributed by atoms with van der Waals surface area (Å²) in [6.07, 6.45) is 3.65. The number of carbonyl (C=O) groups is 1. The van der Waals surface area contributed by atoms with Crippen molar-refractivity contribution in [3.05, 3.63) is 48.8 Å². The van der Waals surface area contributed by atoms with Gasteiger partial charge in [-0.3, -0.25) is 4.79 Å². The van der Waals surface area contributed by atoms with E-state index in [0.29, 0.717) is 0 Å². The van der Waals surface area contributed by atoms with Crippen LogP contribution in [0.1, 0.15) is 0 Å². The Labute approximate surface area is 115 Å². The van der Waals surface area contributed by atoms with Gasteiger partial charge >= 0.3 is 0 Å². The molecule has 3 aromatic rings. The highest BCUT2D eigenvalue weighted by Crippen LogP contribution is 2.27. The lowest BCUT2D eigenvalue weighted by molar-refractivity contribution is -0.114. The zero-order chi connectivity index (χ0) is 13.9. The van der Waals surface area contributed by atoms with Crippen LogP contribution in [0, 0.1) is 0 Å².